The number of thioether (sulfide) groups is 1. The lowest BCUT2D eigenvalue weighted by Gasteiger charge is -2.17. The number of aliphatic carboxylic acids is 1. The summed E-state index contributed by atoms with van der Waals surface area (Å²) >= 11 is 1.53. The lowest BCUT2D eigenvalue weighted by atomic mass is 9.94. The van der Waals surface area contributed by atoms with Gasteiger partial charge in [-0.3, -0.25) is 4.79 Å². The number of benzene rings is 3. The first-order valence-corrected chi connectivity index (χ1v) is 13.5. The molecule has 2 N–H and O–H groups in total. The van der Waals surface area contributed by atoms with Crippen LogP contribution in [0.2, 0.25) is 0 Å². The van der Waals surface area contributed by atoms with Gasteiger partial charge < -0.3 is 15.0 Å². The number of rotatable bonds is 11. The number of hydrogen-bond donors (Lipinski definition) is 2. The Morgan fingerprint density at radius 2 is 1.87 bits per heavy atom. The summed E-state index contributed by atoms with van der Waals surface area (Å²) in [6, 6.07) is 20.3. The summed E-state index contributed by atoms with van der Waals surface area (Å²) in [6.45, 7) is 0.518. The third-order valence-electron chi connectivity index (χ3n) is 6.06. The van der Waals surface area contributed by atoms with Crippen LogP contribution in [0.1, 0.15) is 27.9 Å². The SMILES string of the molecule is CSCC[C@H](NC(=O)c1ccc(C=C(Cn2ccnc2)c2ccc(F)cc2)cc1-c1ccccc1)C(=O)O. The minimum absolute atomic E-state index is 0.311. The number of allylic oxidation sites excluding steroid dienone is 1. The van der Waals surface area contributed by atoms with Gasteiger partial charge in [0.2, 0.25) is 0 Å². The van der Waals surface area contributed by atoms with E-state index in [4.69, 9.17) is 0 Å². The largest absolute Gasteiger partial charge is 0.480 e. The van der Waals surface area contributed by atoms with E-state index in [1.165, 1.54) is 23.9 Å². The number of carboxylic acid groups (broad SMARTS) is 1. The third kappa shape index (κ3) is 6.98. The smallest absolute Gasteiger partial charge is 0.326 e. The Labute approximate surface area is 225 Å². The number of carbonyl (C=O) groups is 2. The van der Waals surface area contributed by atoms with Crippen LogP contribution in [0.15, 0.2) is 91.5 Å². The lowest BCUT2D eigenvalue weighted by molar-refractivity contribution is -0.139. The Hall–Kier alpha value is -4.17. The van der Waals surface area contributed by atoms with Gasteiger partial charge in [-0.05, 0) is 76.6 Å². The normalized spacial score (nSPS) is 12.2. The highest BCUT2D eigenvalue weighted by Crippen LogP contribution is 2.28. The first-order valence-electron chi connectivity index (χ1n) is 12.1. The molecule has 0 fully saturated rings. The second-order valence-electron chi connectivity index (χ2n) is 8.73. The monoisotopic (exact) mass is 529 g/mol. The van der Waals surface area contributed by atoms with Crippen molar-refractivity contribution in [1.82, 2.24) is 14.9 Å². The lowest BCUT2D eigenvalue weighted by Crippen LogP contribution is -2.41. The number of aromatic nitrogens is 2. The predicted octanol–water partition coefficient (Wildman–Crippen LogP) is 5.87. The maximum atomic E-state index is 13.6. The molecule has 0 spiro atoms. The molecule has 194 valence electrons. The van der Waals surface area contributed by atoms with Gasteiger partial charge in [-0.1, -0.05) is 48.5 Å². The molecule has 4 rings (SSSR count). The number of nitrogens with zero attached hydrogens (tertiary/aromatic N) is 2. The number of hydrogen-bond acceptors (Lipinski definition) is 4. The van der Waals surface area contributed by atoms with Crippen molar-refractivity contribution in [2.75, 3.05) is 12.0 Å². The van der Waals surface area contributed by atoms with Crippen LogP contribution >= 0.6 is 11.8 Å². The molecular weight excluding hydrogens is 501 g/mol. The van der Waals surface area contributed by atoms with Crippen molar-refractivity contribution in [3.8, 4) is 11.1 Å². The van der Waals surface area contributed by atoms with E-state index < -0.39 is 17.9 Å². The van der Waals surface area contributed by atoms with Gasteiger partial charge in [0.25, 0.3) is 5.91 Å². The zero-order valence-corrected chi connectivity index (χ0v) is 21.7. The number of imidazole rings is 1. The van der Waals surface area contributed by atoms with E-state index in [0.29, 0.717) is 29.8 Å². The van der Waals surface area contributed by atoms with Crippen molar-refractivity contribution in [2.24, 2.45) is 0 Å². The molecule has 0 saturated heterocycles. The second kappa shape index (κ2) is 12.9. The van der Waals surface area contributed by atoms with Gasteiger partial charge in [-0.25, -0.2) is 14.2 Å². The van der Waals surface area contributed by atoms with Crippen molar-refractivity contribution >= 4 is 35.3 Å². The van der Waals surface area contributed by atoms with Crippen molar-refractivity contribution in [3.05, 3.63) is 114 Å². The molecule has 3 aromatic carbocycles. The molecule has 1 atom stereocenters. The van der Waals surface area contributed by atoms with E-state index in [1.54, 1.807) is 30.7 Å². The number of nitrogens with one attached hydrogen (secondary N) is 1. The molecule has 0 saturated carbocycles. The van der Waals surface area contributed by atoms with E-state index in [2.05, 4.69) is 10.3 Å². The topological polar surface area (TPSA) is 84.2 Å². The summed E-state index contributed by atoms with van der Waals surface area (Å²) in [5, 5.41) is 12.3. The zero-order valence-electron chi connectivity index (χ0n) is 20.9. The van der Waals surface area contributed by atoms with Crippen molar-refractivity contribution in [1.29, 1.82) is 0 Å². The summed E-state index contributed by atoms with van der Waals surface area (Å²) in [6.07, 6.45) is 9.51. The first kappa shape index (κ1) is 26.9. The van der Waals surface area contributed by atoms with Gasteiger partial charge in [0.1, 0.15) is 11.9 Å². The van der Waals surface area contributed by atoms with Gasteiger partial charge in [-0.2, -0.15) is 11.8 Å². The highest BCUT2D eigenvalue weighted by molar-refractivity contribution is 7.98. The molecule has 0 aliphatic rings. The molecule has 1 aromatic heterocycles. The van der Waals surface area contributed by atoms with Crippen molar-refractivity contribution in [2.45, 2.75) is 19.0 Å². The van der Waals surface area contributed by atoms with Gasteiger partial charge >= 0.3 is 5.97 Å². The molecule has 0 aliphatic heterocycles. The average Bonchev–Trinajstić information content (AvgIpc) is 3.44. The summed E-state index contributed by atoms with van der Waals surface area (Å²) in [7, 11) is 0. The van der Waals surface area contributed by atoms with Crippen LogP contribution in [-0.2, 0) is 11.3 Å². The summed E-state index contributed by atoms with van der Waals surface area (Å²) in [5.74, 6) is -1.19. The summed E-state index contributed by atoms with van der Waals surface area (Å²) < 4.78 is 15.5. The van der Waals surface area contributed by atoms with Gasteiger partial charge in [0.15, 0.2) is 0 Å². The Bertz CT molecular complexity index is 1400. The van der Waals surface area contributed by atoms with Crippen LogP contribution in [0, 0.1) is 5.82 Å². The minimum Gasteiger partial charge on any atom is -0.480 e. The Morgan fingerprint density at radius 3 is 2.53 bits per heavy atom. The van der Waals surface area contributed by atoms with Crippen LogP contribution < -0.4 is 5.32 Å². The number of carbonyl (C=O) groups excluding carboxylic acids is 1. The van der Waals surface area contributed by atoms with Crippen molar-refractivity contribution in [3.63, 3.8) is 0 Å². The maximum absolute atomic E-state index is 13.6. The molecule has 1 amide bonds. The Morgan fingerprint density at radius 1 is 1.11 bits per heavy atom. The van der Waals surface area contributed by atoms with Crippen LogP contribution in [0.4, 0.5) is 4.39 Å². The van der Waals surface area contributed by atoms with Crippen LogP contribution in [0.5, 0.6) is 0 Å². The minimum atomic E-state index is -1.06. The molecule has 38 heavy (non-hydrogen) atoms. The van der Waals surface area contributed by atoms with Gasteiger partial charge in [-0.15, -0.1) is 0 Å². The Balaban J connectivity index is 1.74. The summed E-state index contributed by atoms with van der Waals surface area (Å²) in [5.41, 5.74) is 4.55. The number of amides is 1. The molecule has 0 radical (unpaired) electrons. The van der Waals surface area contributed by atoms with Gasteiger partial charge in [0, 0.05) is 24.5 Å². The highest BCUT2D eigenvalue weighted by atomic mass is 32.2. The van der Waals surface area contributed by atoms with Gasteiger partial charge in [0.05, 0.1) is 6.33 Å². The van der Waals surface area contributed by atoms with Crippen LogP contribution in [0.3, 0.4) is 0 Å². The molecule has 6 nitrogen and oxygen atoms in total. The molecule has 4 aromatic rings. The van der Waals surface area contributed by atoms with Crippen LogP contribution in [0.25, 0.3) is 22.8 Å². The molecular formula is C30H28FN3O3S. The standard InChI is InChI=1S/C30H28FN3O3S/c1-38-16-13-28(30(36)37)33-29(35)26-12-7-21(18-27(26)23-5-3-2-4-6-23)17-24(19-34-15-14-32-20-34)22-8-10-25(31)11-9-22/h2-12,14-15,17-18,20,28H,13,16,19H2,1H3,(H,33,35)(H,36,37)/t28-/m0/s1. The van der Waals surface area contributed by atoms with E-state index >= 15 is 0 Å². The number of halogens is 1. The second-order valence-corrected chi connectivity index (χ2v) is 9.71. The average molecular weight is 530 g/mol. The molecule has 0 unspecified atom stereocenters. The number of carboxylic acids is 1. The molecule has 8 heteroatoms. The van der Waals surface area contributed by atoms with E-state index in [-0.39, 0.29) is 5.82 Å². The molecule has 0 bridgehead atoms. The maximum Gasteiger partial charge on any atom is 0.326 e. The molecule has 1 heterocycles. The predicted molar refractivity (Wildman–Crippen MR) is 150 cm³/mol. The Kier molecular flexibility index (Phi) is 9.11. The van der Waals surface area contributed by atoms with Crippen LogP contribution in [-0.4, -0.2) is 44.6 Å². The zero-order chi connectivity index (χ0) is 26.9. The van der Waals surface area contributed by atoms with E-state index in [9.17, 15) is 19.1 Å². The summed E-state index contributed by atoms with van der Waals surface area (Å²) in [4.78, 5) is 29.1. The highest BCUT2D eigenvalue weighted by Gasteiger charge is 2.22. The first-order chi connectivity index (χ1) is 18.4. The fourth-order valence-electron chi connectivity index (χ4n) is 4.10. The fraction of sp³-hybridized carbons (Fsp3) is 0.167. The fourth-order valence-corrected chi connectivity index (χ4v) is 4.57. The third-order valence-corrected chi connectivity index (χ3v) is 6.70. The molecule has 0 aliphatic carbocycles. The quantitative estimate of drug-likeness (QED) is 0.238. The van der Waals surface area contributed by atoms with E-state index in [0.717, 1.165) is 22.3 Å². The van der Waals surface area contributed by atoms with Crippen molar-refractivity contribution < 1.29 is 19.1 Å². The van der Waals surface area contributed by atoms with E-state index in [1.807, 2.05) is 65.6 Å².